The van der Waals surface area contributed by atoms with Crippen molar-refractivity contribution in [2.24, 2.45) is 0 Å². The van der Waals surface area contributed by atoms with Crippen molar-refractivity contribution in [1.82, 2.24) is 10.3 Å². The molecule has 3 rings (SSSR count). The van der Waals surface area contributed by atoms with Crippen LogP contribution in [0.4, 0.5) is 0 Å². The highest BCUT2D eigenvalue weighted by Crippen LogP contribution is 2.23. The lowest BCUT2D eigenvalue weighted by molar-refractivity contribution is -0.121. The van der Waals surface area contributed by atoms with Crippen molar-refractivity contribution in [2.45, 2.75) is 26.0 Å². The highest BCUT2D eigenvalue weighted by molar-refractivity contribution is 6.42. The van der Waals surface area contributed by atoms with E-state index in [1.54, 1.807) is 24.4 Å². The Morgan fingerprint density at radius 2 is 1.93 bits per heavy atom. The van der Waals surface area contributed by atoms with Crippen molar-refractivity contribution < 1.29 is 9.53 Å². The van der Waals surface area contributed by atoms with Crippen LogP contribution in [0.5, 0.6) is 5.75 Å². The van der Waals surface area contributed by atoms with E-state index in [2.05, 4.69) is 10.3 Å². The van der Waals surface area contributed by atoms with E-state index in [-0.39, 0.29) is 18.4 Å². The number of benzene rings is 2. The molecular formula is C22H20Cl2N2O2. The molecule has 4 nitrogen and oxygen atoms in total. The van der Waals surface area contributed by atoms with Gasteiger partial charge in [-0.25, -0.2) is 0 Å². The van der Waals surface area contributed by atoms with Crippen molar-refractivity contribution in [3.05, 3.63) is 93.7 Å². The van der Waals surface area contributed by atoms with Crippen LogP contribution in [0.15, 0.2) is 66.9 Å². The number of carbonyl (C=O) groups excluding carboxylic acids is 1. The fourth-order valence-corrected chi connectivity index (χ4v) is 3.05. The standard InChI is InChI=1S/C22H20Cl2N2O2/c1-15(26-22(27)12-16-8-9-20(23)21(24)11-16)17-5-4-7-19(13-17)28-14-18-6-2-3-10-25-18/h2-11,13,15H,12,14H2,1H3,(H,26,27). The molecule has 3 aromatic rings. The van der Waals surface area contributed by atoms with Gasteiger partial charge in [0.2, 0.25) is 5.91 Å². The predicted octanol–water partition coefficient (Wildman–Crippen LogP) is 5.39. The first-order valence-corrected chi connectivity index (χ1v) is 9.63. The SMILES string of the molecule is CC(NC(=O)Cc1ccc(Cl)c(Cl)c1)c1cccc(OCc2ccccn2)c1. The molecule has 1 unspecified atom stereocenters. The lowest BCUT2D eigenvalue weighted by Gasteiger charge is -2.16. The van der Waals surface area contributed by atoms with Gasteiger partial charge in [-0.05, 0) is 54.4 Å². The maximum atomic E-state index is 12.4. The molecule has 0 saturated carbocycles. The van der Waals surface area contributed by atoms with Crippen LogP contribution in [0.25, 0.3) is 0 Å². The topological polar surface area (TPSA) is 51.2 Å². The molecule has 2 aromatic carbocycles. The van der Waals surface area contributed by atoms with Crippen LogP contribution in [-0.2, 0) is 17.8 Å². The Hall–Kier alpha value is -2.56. The average Bonchev–Trinajstić information content (AvgIpc) is 2.70. The molecule has 0 aliphatic rings. The Kier molecular flexibility index (Phi) is 6.90. The van der Waals surface area contributed by atoms with Crippen molar-refractivity contribution >= 4 is 29.1 Å². The summed E-state index contributed by atoms with van der Waals surface area (Å²) in [6, 6.07) is 18.4. The molecule has 0 aliphatic carbocycles. The normalized spacial score (nSPS) is 11.7. The van der Waals surface area contributed by atoms with Gasteiger partial charge in [-0.2, -0.15) is 0 Å². The highest BCUT2D eigenvalue weighted by atomic mass is 35.5. The number of nitrogens with zero attached hydrogens (tertiary/aromatic N) is 1. The lowest BCUT2D eigenvalue weighted by Crippen LogP contribution is -2.28. The summed E-state index contributed by atoms with van der Waals surface area (Å²) < 4.78 is 5.81. The molecule has 1 atom stereocenters. The average molecular weight is 415 g/mol. The molecule has 0 bridgehead atoms. The maximum Gasteiger partial charge on any atom is 0.224 e. The number of ether oxygens (including phenoxy) is 1. The zero-order valence-corrected chi connectivity index (χ0v) is 16.9. The largest absolute Gasteiger partial charge is 0.487 e. The van der Waals surface area contributed by atoms with E-state index in [9.17, 15) is 4.79 Å². The summed E-state index contributed by atoms with van der Waals surface area (Å²) in [5, 5.41) is 3.91. The monoisotopic (exact) mass is 414 g/mol. The summed E-state index contributed by atoms with van der Waals surface area (Å²) in [6.07, 6.45) is 1.97. The van der Waals surface area contributed by atoms with Gasteiger partial charge in [0.1, 0.15) is 12.4 Å². The Balaban J connectivity index is 1.58. The Bertz CT molecular complexity index is 948. The van der Waals surface area contributed by atoms with E-state index >= 15 is 0 Å². The first kappa shape index (κ1) is 20.2. The Morgan fingerprint density at radius 3 is 2.68 bits per heavy atom. The number of nitrogens with one attached hydrogen (secondary N) is 1. The molecule has 0 fully saturated rings. The molecule has 1 heterocycles. The zero-order chi connectivity index (χ0) is 19.9. The fraction of sp³-hybridized carbons (Fsp3) is 0.182. The number of halogens is 2. The van der Waals surface area contributed by atoms with Crippen LogP contribution in [0.1, 0.15) is 29.8 Å². The molecule has 0 aliphatic heterocycles. The minimum absolute atomic E-state index is 0.0919. The molecule has 0 spiro atoms. The van der Waals surface area contributed by atoms with E-state index in [1.165, 1.54) is 0 Å². The quantitative estimate of drug-likeness (QED) is 0.563. The Morgan fingerprint density at radius 1 is 1.07 bits per heavy atom. The molecule has 144 valence electrons. The van der Waals surface area contributed by atoms with E-state index in [1.807, 2.05) is 49.4 Å². The van der Waals surface area contributed by atoms with E-state index in [0.717, 1.165) is 22.6 Å². The second-order valence-electron chi connectivity index (χ2n) is 6.40. The van der Waals surface area contributed by atoms with E-state index < -0.39 is 0 Å². The van der Waals surface area contributed by atoms with Crippen LogP contribution < -0.4 is 10.1 Å². The molecular weight excluding hydrogens is 395 g/mol. The molecule has 1 aromatic heterocycles. The van der Waals surface area contributed by atoms with Gasteiger partial charge in [0.15, 0.2) is 0 Å². The van der Waals surface area contributed by atoms with Crippen molar-refractivity contribution in [1.29, 1.82) is 0 Å². The summed E-state index contributed by atoms with van der Waals surface area (Å²) in [4.78, 5) is 16.6. The number of pyridine rings is 1. The lowest BCUT2D eigenvalue weighted by atomic mass is 10.1. The van der Waals surface area contributed by atoms with Crippen LogP contribution in [0, 0.1) is 0 Å². The number of hydrogen-bond donors (Lipinski definition) is 1. The fourth-order valence-electron chi connectivity index (χ4n) is 2.73. The number of amides is 1. The third-order valence-electron chi connectivity index (χ3n) is 4.20. The second kappa shape index (κ2) is 9.58. The van der Waals surface area contributed by atoms with Gasteiger partial charge < -0.3 is 10.1 Å². The first-order valence-electron chi connectivity index (χ1n) is 8.87. The maximum absolute atomic E-state index is 12.4. The van der Waals surface area contributed by atoms with Crippen LogP contribution in [0.2, 0.25) is 10.0 Å². The summed E-state index contributed by atoms with van der Waals surface area (Å²) in [5.41, 5.74) is 2.63. The van der Waals surface area contributed by atoms with Gasteiger partial charge in [0, 0.05) is 6.20 Å². The number of hydrogen-bond acceptors (Lipinski definition) is 3. The number of carbonyl (C=O) groups is 1. The third kappa shape index (κ3) is 5.72. The predicted molar refractivity (Wildman–Crippen MR) is 112 cm³/mol. The van der Waals surface area contributed by atoms with Crippen LogP contribution in [-0.4, -0.2) is 10.9 Å². The zero-order valence-electron chi connectivity index (χ0n) is 15.4. The molecule has 28 heavy (non-hydrogen) atoms. The van der Waals surface area contributed by atoms with Gasteiger partial charge in [0.25, 0.3) is 0 Å². The summed E-state index contributed by atoms with van der Waals surface area (Å²) in [6.45, 7) is 2.33. The van der Waals surface area contributed by atoms with Crippen molar-refractivity contribution in [3.63, 3.8) is 0 Å². The molecule has 1 N–H and O–H groups in total. The number of rotatable bonds is 7. The van der Waals surface area contributed by atoms with E-state index in [4.69, 9.17) is 27.9 Å². The van der Waals surface area contributed by atoms with Crippen LogP contribution >= 0.6 is 23.2 Å². The molecule has 1 amide bonds. The second-order valence-corrected chi connectivity index (χ2v) is 7.21. The van der Waals surface area contributed by atoms with Gasteiger partial charge in [-0.1, -0.05) is 47.5 Å². The van der Waals surface area contributed by atoms with Crippen molar-refractivity contribution in [2.75, 3.05) is 0 Å². The molecule has 0 saturated heterocycles. The minimum Gasteiger partial charge on any atom is -0.487 e. The van der Waals surface area contributed by atoms with E-state index in [0.29, 0.717) is 16.7 Å². The first-order chi connectivity index (χ1) is 13.5. The summed E-state index contributed by atoms with van der Waals surface area (Å²) >= 11 is 11.9. The third-order valence-corrected chi connectivity index (χ3v) is 4.94. The van der Waals surface area contributed by atoms with Gasteiger partial charge >= 0.3 is 0 Å². The number of aromatic nitrogens is 1. The van der Waals surface area contributed by atoms with Crippen molar-refractivity contribution in [3.8, 4) is 5.75 Å². The van der Waals surface area contributed by atoms with Gasteiger partial charge in [-0.15, -0.1) is 0 Å². The minimum atomic E-state index is -0.159. The van der Waals surface area contributed by atoms with Gasteiger partial charge in [0.05, 0.1) is 28.2 Å². The van der Waals surface area contributed by atoms with Gasteiger partial charge in [-0.3, -0.25) is 9.78 Å². The summed E-state index contributed by atoms with van der Waals surface area (Å²) in [5.74, 6) is 0.638. The molecule has 6 heteroatoms. The highest BCUT2D eigenvalue weighted by Gasteiger charge is 2.12. The summed E-state index contributed by atoms with van der Waals surface area (Å²) in [7, 11) is 0. The molecule has 0 radical (unpaired) electrons. The Labute approximate surface area is 174 Å². The van der Waals surface area contributed by atoms with Crippen LogP contribution in [0.3, 0.4) is 0 Å². The smallest absolute Gasteiger partial charge is 0.224 e.